The van der Waals surface area contributed by atoms with Gasteiger partial charge in [0.2, 0.25) is 0 Å². The van der Waals surface area contributed by atoms with Crippen molar-refractivity contribution in [2.45, 2.75) is 44.7 Å². The van der Waals surface area contributed by atoms with Crippen molar-refractivity contribution in [3.63, 3.8) is 0 Å². The molecule has 0 aromatic heterocycles. The fraction of sp³-hybridized carbons (Fsp3) is 1.00. The largest absolute Gasteiger partial charge is 0.380 e. The van der Waals surface area contributed by atoms with Gasteiger partial charge in [0.1, 0.15) is 0 Å². The predicted octanol–water partition coefficient (Wildman–Crippen LogP) is 0.882. The van der Waals surface area contributed by atoms with Gasteiger partial charge in [-0.15, -0.1) is 0 Å². The lowest BCUT2D eigenvalue weighted by Crippen LogP contribution is -2.51. The summed E-state index contributed by atoms with van der Waals surface area (Å²) >= 11 is 0. The average Bonchev–Trinajstić information content (AvgIpc) is 2.12. The van der Waals surface area contributed by atoms with Crippen molar-refractivity contribution in [2.24, 2.45) is 11.1 Å². The highest BCUT2D eigenvalue weighted by Gasteiger charge is 2.33. The molecule has 0 spiro atoms. The molecule has 1 aliphatic carbocycles. The Bertz CT molecular complexity index is 192. The second kappa shape index (κ2) is 4.17. The van der Waals surface area contributed by atoms with Gasteiger partial charge < -0.3 is 15.8 Å². The summed E-state index contributed by atoms with van der Waals surface area (Å²) in [5.41, 5.74) is 6.34. The van der Waals surface area contributed by atoms with Gasteiger partial charge in [0.15, 0.2) is 0 Å². The maximum absolute atomic E-state index is 5.95. The SMILES string of the molecule is CC1(CNC2CCCC(N)C2)COC1. The second-order valence-corrected chi connectivity index (χ2v) is 5.31. The van der Waals surface area contributed by atoms with E-state index in [0.717, 1.165) is 26.2 Å². The van der Waals surface area contributed by atoms with Crippen LogP contribution in [0.3, 0.4) is 0 Å². The van der Waals surface area contributed by atoms with Crippen LogP contribution in [0.5, 0.6) is 0 Å². The highest BCUT2D eigenvalue weighted by atomic mass is 16.5. The molecule has 3 heteroatoms. The monoisotopic (exact) mass is 198 g/mol. The molecule has 0 bridgehead atoms. The number of rotatable bonds is 3. The topological polar surface area (TPSA) is 47.3 Å². The van der Waals surface area contributed by atoms with E-state index >= 15 is 0 Å². The Balaban J connectivity index is 1.69. The van der Waals surface area contributed by atoms with Crippen molar-refractivity contribution in [3.05, 3.63) is 0 Å². The molecule has 2 rings (SSSR count). The standard InChI is InChI=1S/C11H22N2O/c1-11(7-14-8-11)6-13-10-4-2-3-9(12)5-10/h9-10,13H,2-8,12H2,1H3. The van der Waals surface area contributed by atoms with Crippen molar-refractivity contribution in [1.82, 2.24) is 5.32 Å². The fourth-order valence-corrected chi connectivity index (χ4v) is 2.36. The normalized spacial score (nSPS) is 36.4. The van der Waals surface area contributed by atoms with Crippen LogP contribution in [0.2, 0.25) is 0 Å². The van der Waals surface area contributed by atoms with Gasteiger partial charge in [-0.3, -0.25) is 0 Å². The lowest BCUT2D eigenvalue weighted by atomic mass is 9.86. The van der Waals surface area contributed by atoms with Gasteiger partial charge in [-0.05, 0) is 19.3 Å². The van der Waals surface area contributed by atoms with E-state index < -0.39 is 0 Å². The first-order chi connectivity index (χ1) is 6.68. The molecule has 0 aromatic carbocycles. The summed E-state index contributed by atoms with van der Waals surface area (Å²) in [6.45, 7) is 5.20. The van der Waals surface area contributed by atoms with Crippen LogP contribution in [-0.2, 0) is 4.74 Å². The molecule has 2 aliphatic rings. The molecule has 2 fully saturated rings. The van der Waals surface area contributed by atoms with Crippen molar-refractivity contribution >= 4 is 0 Å². The van der Waals surface area contributed by atoms with Crippen LogP contribution in [0.25, 0.3) is 0 Å². The zero-order valence-corrected chi connectivity index (χ0v) is 9.09. The molecule has 0 aromatic rings. The van der Waals surface area contributed by atoms with Gasteiger partial charge in [-0.25, -0.2) is 0 Å². The Hall–Kier alpha value is -0.120. The summed E-state index contributed by atoms with van der Waals surface area (Å²) in [7, 11) is 0. The number of nitrogens with two attached hydrogens (primary N) is 1. The van der Waals surface area contributed by atoms with Crippen LogP contribution in [0.15, 0.2) is 0 Å². The van der Waals surface area contributed by atoms with E-state index in [2.05, 4.69) is 12.2 Å². The number of hydrogen-bond acceptors (Lipinski definition) is 3. The summed E-state index contributed by atoms with van der Waals surface area (Å²) in [5.74, 6) is 0. The predicted molar refractivity (Wildman–Crippen MR) is 57.2 cm³/mol. The lowest BCUT2D eigenvalue weighted by Gasteiger charge is -2.40. The van der Waals surface area contributed by atoms with E-state index in [0.29, 0.717) is 17.5 Å². The van der Waals surface area contributed by atoms with Gasteiger partial charge in [0, 0.05) is 24.0 Å². The van der Waals surface area contributed by atoms with Crippen molar-refractivity contribution in [1.29, 1.82) is 0 Å². The van der Waals surface area contributed by atoms with Crippen molar-refractivity contribution in [2.75, 3.05) is 19.8 Å². The molecule has 82 valence electrons. The molecule has 1 saturated heterocycles. The second-order valence-electron chi connectivity index (χ2n) is 5.31. The van der Waals surface area contributed by atoms with E-state index in [1.165, 1.54) is 19.3 Å². The third-order valence-corrected chi connectivity index (χ3v) is 3.43. The molecule has 0 amide bonds. The summed E-state index contributed by atoms with van der Waals surface area (Å²) in [5, 5.41) is 3.63. The molecule has 3 N–H and O–H groups in total. The zero-order valence-electron chi connectivity index (χ0n) is 9.09. The molecular formula is C11H22N2O. The molecule has 2 unspecified atom stereocenters. The number of ether oxygens (including phenoxy) is 1. The van der Waals surface area contributed by atoms with Gasteiger partial charge in [-0.1, -0.05) is 13.3 Å². The van der Waals surface area contributed by atoms with Crippen molar-refractivity contribution in [3.8, 4) is 0 Å². The van der Waals surface area contributed by atoms with E-state index in [1.54, 1.807) is 0 Å². The molecule has 2 atom stereocenters. The smallest absolute Gasteiger partial charge is 0.0554 e. The van der Waals surface area contributed by atoms with Crippen molar-refractivity contribution < 1.29 is 4.74 Å². The minimum absolute atomic E-state index is 0.390. The highest BCUT2D eigenvalue weighted by molar-refractivity contribution is 4.86. The Morgan fingerprint density at radius 3 is 2.79 bits per heavy atom. The Morgan fingerprint density at radius 2 is 2.21 bits per heavy atom. The maximum atomic E-state index is 5.95. The molecule has 0 radical (unpaired) electrons. The molecule has 3 nitrogen and oxygen atoms in total. The number of nitrogens with one attached hydrogen (secondary N) is 1. The minimum Gasteiger partial charge on any atom is -0.380 e. The molecular weight excluding hydrogens is 176 g/mol. The van der Waals surface area contributed by atoms with Gasteiger partial charge in [0.05, 0.1) is 13.2 Å². The third kappa shape index (κ3) is 2.47. The van der Waals surface area contributed by atoms with Gasteiger partial charge >= 0.3 is 0 Å². The van der Waals surface area contributed by atoms with Gasteiger partial charge in [-0.2, -0.15) is 0 Å². The van der Waals surface area contributed by atoms with Crippen LogP contribution in [0.1, 0.15) is 32.6 Å². The first-order valence-electron chi connectivity index (χ1n) is 5.75. The van der Waals surface area contributed by atoms with E-state index in [-0.39, 0.29) is 0 Å². The third-order valence-electron chi connectivity index (χ3n) is 3.43. The fourth-order valence-electron chi connectivity index (χ4n) is 2.36. The summed E-state index contributed by atoms with van der Waals surface area (Å²) in [4.78, 5) is 0. The number of hydrogen-bond donors (Lipinski definition) is 2. The minimum atomic E-state index is 0.390. The van der Waals surface area contributed by atoms with E-state index in [1.807, 2.05) is 0 Å². The van der Waals surface area contributed by atoms with Crippen LogP contribution in [0, 0.1) is 5.41 Å². The molecule has 1 heterocycles. The molecule has 14 heavy (non-hydrogen) atoms. The first kappa shape index (κ1) is 10.4. The Labute approximate surface area is 86.4 Å². The maximum Gasteiger partial charge on any atom is 0.0554 e. The van der Waals surface area contributed by atoms with E-state index in [4.69, 9.17) is 10.5 Å². The zero-order chi connectivity index (χ0) is 10.0. The first-order valence-corrected chi connectivity index (χ1v) is 5.75. The van der Waals surface area contributed by atoms with Crippen LogP contribution >= 0.6 is 0 Å². The average molecular weight is 198 g/mol. The Kier molecular flexibility index (Phi) is 3.10. The quantitative estimate of drug-likeness (QED) is 0.708. The van der Waals surface area contributed by atoms with E-state index in [9.17, 15) is 0 Å². The lowest BCUT2D eigenvalue weighted by molar-refractivity contribution is -0.100. The summed E-state index contributed by atoms with van der Waals surface area (Å²) in [6.07, 6.45) is 4.94. The Morgan fingerprint density at radius 1 is 1.43 bits per heavy atom. The molecule has 1 saturated carbocycles. The summed E-state index contributed by atoms with van der Waals surface area (Å²) in [6, 6.07) is 1.07. The van der Waals surface area contributed by atoms with Crippen LogP contribution in [-0.4, -0.2) is 31.8 Å². The molecule has 1 aliphatic heterocycles. The van der Waals surface area contributed by atoms with Gasteiger partial charge in [0.25, 0.3) is 0 Å². The van der Waals surface area contributed by atoms with Crippen LogP contribution in [0.4, 0.5) is 0 Å². The highest BCUT2D eigenvalue weighted by Crippen LogP contribution is 2.26. The van der Waals surface area contributed by atoms with Crippen LogP contribution < -0.4 is 11.1 Å². The summed E-state index contributed by atoms with van der Waals surface area (Å²) < 4.78 is 5.23.